The summed E-state index contributed by atoms with van der Waals surface area (Å²) >= 11 is 0. The molecule has 0 spiro atoms. The summed E-state index contributed by atoms with van der Waals surface area (Å²) in [5.74, 6) is 0.182. The van der Waals surface area contributed by atoms with Gasteiger partial charge < -0.3 is 19.6 Å². The van der Waals surface area contributed by atoms with Crippen molar-refractivity contribution in [3.8, 4) is 0 Å². The molecule has 9 heteroatoms. The SMILES string of the molecule is CNC(=O)c1ccc(N2CCC(N3CC[C@@H](c4cn5ccnc5c(=O)[nH]4)C3)CC2)cn1. The van der Waals surface area contributed by atoms with Crippen molar-refractivity contribution in [1.82, 2.24) is 29.6 Å². The monoisotopic (exact) mass is 421 g/mol. The number of fused-ring (bicyclic) bond motifs is 1. The van der Waals surface area contributed by atoms with Crippen LogP contribution in [0.1, 0.15) is 41.4 Å². The highest BCUT2D eigenvalue weighted by Gasteiger charge is 2.32. The molecule has 5 rings (SSSR count). The lowest BCUT2D eigenvalue weighted by atomic mass is 10.0. The van der Waals surface area contributed by atoms with E-state index in [1.807, 2.05) is 22.9 Å². The number of aromatic nitrogens is 4. The Labute approximate surface area is 180 Å². The number of pyridine rings is 1. The molecule has 31 heavy (non-hydrogen) atoms. The Hall–Kier alpha value is -3.20. The minimum atomic E-state index is -0.164. The Bertz CT molecular complexity index is 1130. The van der Waals surface area contributed by atoms with Gasteiger partial charge in [0.2, 0.25) is 5.65 Å². The van der Waals surface area contributed by atoms with Gasteiger partial charge in [-0.3, -0.25) is 14.5 Å². The summed E-state index contributed by atoms with van der Waals surface area (Å²) in [7, 11) is 1.61. The second-order valence-electron chi connectivity index (χ2n) is 8.38. The number of rotatable bonds is 4. The summed E-state index contributed by atoms with van der Waals surface area (Å²) in [6.07, 6.45) is 10.5. The minimum Gasteiger partial charge on any atom is -0.370 e. The Morgan fingerprint density at radius 2 is 2.00 bits per heavy atom. The number of imidazole rings is 1. The van der Waals surface area contributed by atoms with Crippen LogP contribution in [0.3, 0.4) is 0 Å². The molecule has 2 saturated heterocycles. The third-order valence-electron chi connectivity index (χ3n) is 6.62. The molecule has 2 aliphatic rings. The molecule has 0 saturated carbocycles. The summed E-state index contributed by atoms with van der Waals surface area (Å²) < 4.78 is 1.82. The van der Waals surface area contributed by atoms with Gasteiger partial charge in [-0.25, -0.2) is 9.97 Å². The van der Waals surface area contributed by atoms with Crippen LogP contribution in [0.25, 0.3) is 5.65 Å². The summed E-state index contributed by atoms with van der Waals surface area (Å²) in [5, 5.41) is 2.60. The second-order valence-corrected chi connectivity index (χ2v) is 8.38. The molecule has 2 fully saturated rings. The van der Waals surface area contributed by atoms with Gasteiger partial charge >= 0.3 is 0 Å². The van der Waals surface area contributed by atoms with Crippen LogP contribution < -0.4 is 15.8 Å². The summed E-state index contributed by atoms with van der Waals surface area (Å²) in [6.45, 7) is 3.99. The van der Waals surface area contributed by atoms with Gasteiger partial charge in [0.15, 0.2) is 0 Å². The van der Waals surface area contributed by atoms with E-state index in [0.717, 1.165) is 56.8 Å². The average molecular weight is 422 g/mol. The Kier molecular flexibility index (Phi) is 5.19. The highest BCUT2D eigenvalue weighted by molar-refractivity contribution is 5.92. The maximum absolute atomic E-state index is 12.3. The van der Waals surface area contributed by atoms with E-state index >= 15 is 0 Å². The second kappa shape index (κ2) is 8.14. The van der Waals surface area contributed by atoms with Crippen molar-refractivity contribution in [3.63, 3.8) is 0 Å². The first-order valence-electron chi connectivity index (χ1n) is 10.9. The molecule has 9 nitrogen and oxygen atoms in total. The third-order valence-corrected chi connectivity index (χ3v) is 6.62. The molecule has 0 unspecified atom stereocenters. The summed E-state index contributed by atoms with van der Waals surface area (Å²) in [5.41, 5.74) is 2.83. The number of aromatic amines is 1. The normalized spacial score (nSPS) is 20.4. The van der Waals surface area contributed by atoms with Crippen LogP contribution in [0.2, 0.25) is 0 Å². The predicted octanol–water partition coefficient (Wildman–Crippen LogP) is 1.24. The quantitative estimate of drug-likeness (QED) is 0.658. The molecule has 0 radical (unpaired) electrons. The van der Waals surface area contributed by atoms with Gasteiger partial charge in [0.05, 0.1) is 11.9 Å². The van der Waals surface area contributed by atoms with Crippen molar-refractivity contribution >= 4 is 17.2 Å². The van der Waals surface area contributed by atoms with E-state index in [0.29, 0.717) is 23.3 Å². The van der Waals surface area contributed by atoms with Crippen LogP contribution in [-0.2, 0) is 0 Å². The number of amides is 1. The van der Waals surface area contributed by atoms with Gasteiger partial charge in [-0.15, -0.1) is 0 Å². The molecule has 5 heterocycles. The highest BCUT2D eigenvalue weighted by atomic mass is 16.1. The lowest BCUT2D eigenvalue weighted by Crippen LogP contribution is -2.44. The number of hydrogen-bond acceptors (Lipinski definition) is 6. The van der Waals surface area contributed by atoms with Crippen molar-refractivity contribution in [3.05, 3.63) is 58.7 Å². The molecular formula is C22H27N7O2. The fourth-order valence-corrected chi connectivity index (χ4v) is 4.87. The molecule has 0 aromatic carbocycles. The van der Waals surface area contributed by atoms with Crippen molar-refractivity contribution in [2.75, 3.05) is 38.1 Å². The first-order valence-corrected chi connectivity index (χ1v) is 10.9. The number of nitrogens with one attached hydrogen (secondary N) is 2. The molecule has 0 bridgehead atoms. The van der Waals surface area contributed by atoms with E-state index in [4.69, 9.17) is 0 Å². The number of H-pyrrole nitrogens is 1. The van der Waals surface area contributed by atoms with Crippen LogP contribution in [0.4, 0.5) is 5.69 Å². The third kappa shape index (κ3) is 3.81. The highest BCUT2D eigenvalue weighted by Crippen LogP contribution is 2.30. The number of nitrogens with zero attached hydrogens (tertiary/aromatic N) is 5. The smallest absolute Gasteiger partial charge is 0.291 e. The molecule has 1 amide bonds. The number of anilines is 1. The van der Waals surface area contributed by atoms with E-state index in [-0.39, 0.29) is 11.5 Å². The minimum absolute atomic E-state index is 0.120. The first kappa shape index (κ1) is 19.7. The lowest BCUT2D eigenvalue weighted by molar-refractivity contribution is 0.0958. The van der Waals surface area contributed by atoms with Gasteiger partial charge in [0.1, 0.15) is 5.69 Å². The zero-order chi connectivity index (χ0) is 21.4. The molecule has 2 N–H and O–H groups in total. The van der Waals surface area contributed by atoms with Crippen LogP contribution in [-0.4, -0.2) is 69.4 Å². The topological polar surface area (TPSA) is 98.6 Å². The molecule has 0 aliphatic carbocycles. The van der Waals surface area contributed by atoms with Crippen molar-refractivity contribution in [1.29, 1.82) is 0 Å². The maximum atomic E-state index is 12.3. The van der Waals surface area contributed by atoms with Gasteiger partial charge in [-0.2, -0.15) is 0 Å². The van der Waals surface area contributed by atoms with Crippen LogP contribution in [0.5, 0.6) is 0 Å². The van der Waals surface area contributed by atoms with Crippen LogP contribution in [0.15, 0.2) is 41.7 Å². The number of piperidine rings is 1. The molecule has 162 valence electrons. The largest absolute Gasteiger partial charge is 0.370 e. The zero-order valence-electron chi connectivity index (χ0n) is 17.6. The average Bonchev–Trinajstić information content (AvgIpc) is 3.49. The van der Waals surface area contributed by atoms with Gasteiger partial charge in [0, 0.05) is 62.9 Å². The van der Waals surface area contributed by atoms with E-state index in [1.54, 1.807) is 25.5 Å². The molecule has 3 aromatic heterocycles. The number of carbonyl (C=O) groups excluding carboxylic acids is 1. The van der Waals surface area contributed by atoms with Crippen molar-refractivity contribution < 1.29 is 4.79 Å². The maximum Gasteiger partial charge on any atom is 0.291 e. The van der Waals surface area contributed by atoms with Crippen LogP contribution in [0, 0.1) is 0 Å². The fourth-order valence-electron chi connectivity index (χ4n) is 4.87. The lowest BCUT2D eigenvalue weighted by Gasteiger charge is -2.37. The molecule has 3 aromatic rings. The number of hydrogen-bond donors (Lipinski definition) is 2. The summed E-state index contributed by atoms with van der Waals surface area (Å²) in [6, 6.07) is 4.32. The molecule has 2 aliphatic heterocycles. The summed E-state index contributed by atoms with van der Waals surface area (Å²) in [4.78, 5) is 40.3. The fraction of sp³-hybridized carbons (Fsp3) is 0.455. The number of carbonyl (C=O) groups is 1. The first-order chi connectivity index (χ1) is 15.1. The Morgan fingerprint density at radius 1 is 1.16 bits per heavy atom. The van der Waals surface area contributed by atoms with E-state index in [1.165, 1.54) is 0 Å². The van der Waals surface area contributed by atoms with Gasteiger partial charge in [0.25, 0.3) is 11.5 Å². The predicted molar refractivity (Wildman–Crippen MR) is 118 cm³/mol. The Balaban J connectivity index is 1.19. The van der Waals surface area contributed by atoms with Crippen molar-refractivity contribution in [2.24, 2.45) is 0 Å². The van der Waals surface area contributed by atoms with Crippen molar-refractivity contribution in [2.45, 2.75) is 31.2 Å². The van der Waals surface area contributed by atoms with E-state index in [2.05, 4.69) is 30.1 Å². The van der Waals surface area contributed by atoms with E-state index in [9.17, 15) is 9.59 Å². The van der Waals surface area contributed by atoms with Crippen LogP contribution >= 0.6 is 0 Å². The zero-order valence-corrected chi connectivity index (χ0v) is 17.6. The van der Waals surface area contributed by atoms with Gasteiger partial charge in [-0.05, 0) is 37.9 Å². The standard InChI is InChI=1S/C22H27N7O2/c1-23-21(30)18-3-2-17(12-25-18)27-9-5-16(6-10-27)28-8-4-15(13-28)19-14-29-11-7-24-20(29)22(31)26-19/h2-3,7,11-12,14-16H,4-6,8-10,13H2,1H3,(H,23,30)(H,26,31)/t15-/m1/s1. The molecule has 1 atom stereocenters. The number of likely N-dealkylation sites (tertiary alicyclic amines) is 1. The molecular weight excluding hydrogens is 394 g/mol. The Morgan fingerprint density at radius 3 is 2.74 bits per heavy atom. The van der Waals surface area contributed by atoms with E-state index < -0.39 is 0 Å². The van der Waals surface area contributed by atoms with Gasteiger partial charge in [-0.1, -0.05) is 0 Å².